The average molecular weight is 399 g/mol. The predicted molar refractivity (Wildman–Crippen MR) is 118 cm³/mol. The molecule has 2 aromatic rings. The first kappa shape index (κ1) is 22.4. The Morgan fingerprint density at radius 1 is 0.964 bits per heavy atom. The second kappa shape index (κ2) is 11.9. The van der Waals surface area contributed by atoms with Crippen LogP contribution in [0.25, 0.3) is 6.08 Å². The Hall–Kier alpha value is -1.85. The quantitative estimate of drug-likeness (QED) is 0.305. The zero-order valence-electron chi connectivity index (χ0n) is 16.8. The van der Waals surface area contributed by atoms with E-state index in [0.29, 0.717) is 12.8 Å². The molecule has 0 saturated carbocycles. The van der Waals surface area contributed by atoms with Crippen molar-refractivity contribution in [1.29, 1.82) is 0 Å². The van der Waals surface area contributed by atoms with Gasteiger partial charge in [0.25, 0.3) is 0 Å². The molecule has 0 heterocycles. The van der Waals surface area contributed by atoms with Crippen LogP contribution in [-0.4, -0.2) is 36.5 Å². The van der Waals surface area contributed by atoms with Gasteiger partial charge < -0.3 is 14.6 Å². The molecule has 0 aliphatic rings. The van der Waals surface area contributed by atoms with Crippen molar-refractivity contribution in [2.45, 2.75) is 41.8 Å². The molecule has 2 rings (SSSR count). The summed E-state index contributed by atoms with van der Waals surface area (Å²) in [5, 5.41) is 11.1. The van der Waals surface area contributed by atoms with Crippen molar-refractivity contribution in [2.75, 3.05) is 14.2 Å². The average Bonchev–Trinajstić information content (AvgIpc) is 2.72. The number of hydrogen-bond donors (Lipinski definition) is 1. The van der Waals surface area contributed by atoms with Gasteiger partial charge in [0, 0.05) is 25.5 Å². The molecule has 1 N–H and O–H groups in total. The van der Waals surface area contributed by atoms with E-state index in [9.17, 15) is 5.11 Å². The molecule has 0 amide bonds. The molecule has 0 spiro atoms. The van der Waals surface area contributed by atoms with E-state index in [-0.39, 0.29) is 11.5 Å². The fourth-order valence-electron chi connectivity index (χ4n) is 2.80. The highest BCUT2D eigenvalue weighted by Gasteiger charge is 2.31. The topological polar surface area (TPSA) is 38.7 Å². The van der Waals surface area contributed by atoms with Crippen LogP contribution in [0.4, 0.5) is 0 Å². The minimum Gasteiger partial charge on any atom is -0.389 e. The third kappa shape index (κ3) is 7.64. The molecular formula is C24H30O3S. The van der Waals surface area contributed by atoms with Crippen molar-refractivity contribution in [3.8, 4) is 0 Å². The zero-order valence-corrected chi connectivity index (χ0v) is 17.6. The molecule has 150 valence electrons. The van der Waals surface area contributed by atoms with Gasteiger partial charge in [-0.25, -0.2) is 0 Å². The molecule has 2 atom stereocenters. The third-order valence-corrected chi connectivity index (χ3v) is 5.98. The van der Waals surface area contributed by atoms with E-state index in [4.69, 9.17) is 9.47 Å². The molecule has 0 bridgehead atoms. The molecule has 0 aromatic heterocycles. The maximum atomic E-state index is 11.2. The maximum Gasteiger partial charge on any atom is 0.156 e. The molecule has 0 fully saturated rings. The highest BCUT2D eigenvalue weighted by molar-refractivity contribution is 8.00. The van der Waals surface area contributed by atoms with Gasteiger partial charge in [-0.15, -0.1) is 11.8 Å². The molecule has 4 heteroatoms. The number of benzene rings is 2. The number of aliphatic hydroxyl groups is 1. The first-order valence-corrected chi connectivity index (χ1v) is 10.3. The lowest BCUT2D eigenvalue weighted by molar-refractivity contribution is -0.115. The van der Waals surface area contributed by atoms with Crippen LogP contribution >= 0.6 is 11.8 Å². The van der Waals surface area contributed by atoms with Gasteiger partial charge in [0.05, 0.1) is 10.9 Å². The summed E-state index contributed by atoms with van der Waals surface area (Å²) < 4.78 is 10.5. The van der Waals surface area contributed by atoms with Crippen molar-refractivity contribution in [1.82, 2.24) is 0 Å². The lowest BCUT2D eigenvalue weighted by atomic mass is 9.95. The molecule has 2 aromatic carbocycles. The minimum absolute atomic E-state index is 0.107. The van der Waals surface area contributed by atoms with E-state index in [1.54, 1.807) is 26.0 Å². The fraction of sp³-hybridized carbons (Fsp3) is 0.333. The van der Waals surface area contributed by atoms with E-state index < -0.39 is 5.60 Å². The van der Waals surface area contributed by atoms with Crippen LogP contribution in [0.5, 0.6) is 0 Å². The standard InChI is InChI=1S/C24H30O3S/c1-24(25,19-18-23(26-2)27-3)22(28-21-15-8-5-9-16-21)17-11-10-14-20-12-6-4-7-13-20/h4-17,22-23,25H,18-19H2,1-3H3. The summed E-state index contributed by atoms with van der Waals surface area (Å²) in [7, 11) is 3.24. The van der Waals surface area contributed by atoms with E-state index in [0.717, 1.165) is 10.5 Å². The Morgan fingerprint density at radius 2 is 1.57 bits per heavy atom. The van der Waals surface area contributed by atoms with Crippen LogP contribution in [0.1, 0.15) is 25.3 Å². The van der Waals surface area contributed by atoms with Gasteiger partial charge in [-0.05, 0) is 31.0 Å². The zero-order chi connectivity index (χ0) is 20.2. The van der Waals surface area contributed by atoms with Crippen LogP contribution in [0.3, 0.4) is 0 Å². The van der Waals surface area contributed by atoms with Crippen LogP contribution in [0.15, 0.2) is 83.8 Å². The van der Waals surface area contributed by atoms with Gasteiger partial charge in [0.1, 0.15) is 0 Å². The predicted octanol–water partition coefficient (Wildman–Crippen LogP) is 5.57. The Morgan fingerprint density at radius 3 is 2.18 bits per heavy atom. The largest absolute Gasteiger partial charge is 0.389 e. The Kier molecular flexibility index (Phi) is 9.51. The Balaban J connectivity index is 2.11. The van der Waals surface area contributed by atoms with Gasteiger partial charge in [-0.3, -0.25) is 0 Å². The van der Waals surface area contributed by atoms with Gasteiger partial charge in [0.15, 0.2) is 6.29 Å². The summed E-state index contributed by atoms with van der Waals surface area (Å²) >= 11 is 1.66. The van der Waals surface area contributed by atoms with Crippen molar-refractivity contribution in [2.24, 2.45) is 0 Å². The van der Waals surface area contributed by atoms with Crippen molar-refractivity contribution >= 4 is 17.8 Å². The molecule has 0 radical (unpaired) electrons. The van der Waals surface area contributed by atoms with Crippen LogP contribution < -0.4 is 0 Å². The van der Waals surface area contributed by atoms with Gasteiger partial charge >= 0.3 is 0 Å². The van der Waals surface area contributed by atoms with Crippen molar-refractivity contribution < 1.29 is 14.6 Å². The molecule has 2 unspecified atom stereocenters. The number of methoxy groups -OCH3 is 2. The van der Waals surface area contributed by atoms with Crippen LogP contribution in [0.2, 0.25) is 0 Å². The number of ether oxygens (including phenoxy) is 2. The first-order chi connectivity index (χ1) is 13.5. The highest BCUT2D eigenvalue weighted by Crippen LogP contribution is 2.34. The summed E-state index contributed by atoms with van der Waals surface area (Å²) in [5.41, 5.74) is 0.238. The minimum atomic E-state index is -0.910. The fourth-order valence-corrected chi connectivity index (χ4v) is 3.95. The number of allylic oxidation sites excluding steroid dienone is 2. The van der Waals surface area contributed by atoms with Crippen LogP contribution in [0, 0.1) is 0 Å². The molecule has 28 heavy (non-hydrogen) atoms. The second-order valence-electron chi connectivity index (χ2n) is 6.80. The lowest BCUT2D eigenvalue weighted by Gasteiger charge is -2.31. The normalized spacial score (nSPS) is 15.3. The molecule has 0 aliphatic carbocycles. The summed E-state index contributed by atoms with van der Waals surface area (Å²) in [6.45, 7) is 1.88. The SMILES string of the molecule is COC(CCC(C)(O)C(C=CC=Cc1ccccc1)Sc1ccccc1)OC. The van der Waals surface area contributed by atoms with E-state index in [2.05, 4.69) is 36.4 Å². The summed E-state index contributed by atoms with van der Waals surface area (Å²) in [4.78, 5) is 1.12. The number of hydrogen-bond acceptors (Lipinski definition) is 4. The van der Waals surface area contributed by atoms with E-state index in [1.807, 2.05) is 55.5 Å². The first-order valence-electron chi connectivity index (χ1n) is 9.45. The third-order valence-electron chi connectivity index (χ3n) is 4.52. The smallest absolute Gasteiger partial charge is 0.156 e. The second-order valence-corrected chi connectivity index (χ2v) is 8.02. The molecule has 0 aliphatic heterocycles. The van der Waals surface area contributed by atoms with E-state index in [1.165, 1.54) is 0 Å². The summed E-state index contributed by atoms with van der Waals surface area (Å²) in [5.74, 6) is 0. The summed E-state index contributed by atoms with van der Waals surface area (Å²) in [6, 6.07) is 20.3. The van der Waals surface area contributed by atoms with Crippen molar-refractivity contribution in [3.05, 3.63) is 84.5 Å². The van der Waals surface area contributed by atoms with Crippen molar-refractivity contribution in [3.63, 3.8) is 0 Å². The molecule has 0 saturated heterocycles. The lowest BCUT2D eigenvalue weighted by Crippen LogP contribution is -2.37. The summed E-state index contributed by atoms with van der Waals surface area (Å²) in [6.07, 6.45) is 9.02. The highest BCUT2D eigenvalue weighted by atomic mass is 32.2. The molecule has 3 nitrogen and oxygen atoms in total. The monoisotopic (exact) mass is 398 g/mol. The van der Waals surface area contributed by atoms with Gasteiger partial charge in [0.2, 0.25) is 0 Å². The number of thioether (sulfide) groups is 1. The van der Waals surface area contributed by atoms with Gasteiger partial charge in [-0.1, -0.05) is 72.8 Å². The number of rotatable bonds is 11. The van der Waals surface area contributed by atoms with E-state index >= 15 is 0 Å². The molecular weight excluding hydrogens is 368 g/mol. The Labute approximate surface area is 173 Å². The maximum absolute atomic E-state index is 11.2. The Bertz CT molecular complexity index is 722. The van der Waals surface area contributed by atoms with Crippen LogP contribution in [-0.2, 0) is 9.47 Å². The van der Waals surface area contributed by atoms with Gasteiger partial charge in [-0.2, -0.15) is 0 Å².